The highest BCUT2D eigenvalue weighted by molar-refractivity contribution is 7.90. The van der Waals surface area contributed by atoms with Crippen molar-refractivity contribution < 1.29 is 17.9 Å². The first-order chi connectivity index (χ1) is 8.44. The van der Waals surface area contributed by atoms with Crippen LogP contribution in [0.5, 0.6) is 0 Å². The maximum absolute atomic E-state index is 11.7. The molecule has 9 heteroatoms. The van der Waals surface area contributed by atoms with Crippen LogP contribution in [0.1, 0.15) is 0 Å². The molecule has 0 saturated carbocycles. The van der Waals surface area contributed by atoms with Gasteiger partial charge < -0.3 is 9.64 Å². The third-order valence-electron chi connectivity index (χ3n) is 2.20. The van der Waals surface area contributed by atoms with E-state index in [1.807, 2.05) is 0 Å². The fraction of sp³-hybridized carbons (Fsp3) is 0.222. The molecule has 0 fully saturated rings. The Morgan fingerprint density at radius 3 is 2.94 bits per heavy atom. The van der Waals surface area contributed by atoms with Gasteiger partial charge in [-0.15, -0.1) is 4.40 Å². The van der Waals surface area contributed by atoms with E-state index in [1.54, 1.807) is 0 Å². The van der Waals surface area contributed by atoms with Crippen molar-refractivity contribution in [1.82, 2.24) is 4.98 Å². The molecular weight excluding hydrogens is 282 g/mol. The summed E-state index contributed by atoms with van der Waals surface area (Å²) in [4.78, 5) is 16.2. The van der Waals surface area contributed by atoms with Crippen LogP contribution in [-0.2, 0) is 19.6 Å². The fourth-order valence-corrected chi connectivity index (χ4v) is 2.62. The molecule has 0 bridgehead atoms. The van der Waals surface area contributed by atoms with Crippen LogP contribution in [-0.4, -0.2) is 39.4 Å². The van der Waals surface area contributed by atoms with Gasteiger partial charge in [-0.3, -0.25) is 4.79 Å². The van der Waals surface area contributed by atoms with Crippen LogP contribution in [0.25, 0.3) is 0 Å². The second kappa shape index (κ2) is 4.54. The Balaban J connectivity index is 2.48. The van der Waals surface area contributed by atoms with E-state index < -0.39 is 16.0 Å². The van der Waals surface area contributed by atoms with Crippen LogP contribution >= 0.6 is 11.6 Å². The molecule has 0 radical (unpaired) electrons. The van der Waals surface area contributed by atoms with Crippen LogP contribution in [0.2, 0.25) is 5.02 Å². The van der Waals surface area contributed by atoms with E-state index >= 15 is 0 Å². The first kappa shape index (κ1) is 12.8. The van der Waals surface area contributed by atoms with Gasteiger partial charge in [0, 0.05) is 6.20 Å². The molecule has 0 aromatic carbocycles. The lowest BCUT2D eigenvalue weighted by Crippen LogP contribution is -2.33. The Kier molecular flexibility index (Phi) is 3.22. The van der Waals surface area contributed by atoms with E-state index in [2.05, 4.69) is 14.1 Å². The summed E-state index contributed by atoms with van der Waals surface area (Å²) in [6.07, 6.45) is 2.31. The number of rotatable bonds is 2. The Labute approximate surface area is 108 Å². The highest BCUT2D eigenvalue weighted by Gasteiger charge is 2.28. The molecule has 18 heavy (non-hydrogen) atoms. The summed E-state index contributed by atoms with van der Waals surface area (Å²) >= 11 is 5.70. The molecule has 0 aliphatic carbocycles. The quantitative estimate of drug-likeness (QED) is 0.734. The van der Waals surface area contributed by atoms with Crippen LogP contribution in [0.15, 0.2) is 21.6 Å². The van der Waals surface area contributed by atoms with Crippen molar-refractivity contribution in [2.45, 2.75) is 4.90 Å². The van der Waals surface area contributed by atoms with Gasteiger partial charge in [0.25, 0.3) is 10.0 Å². The molecule has 1 aliphatic rings. The second-order valence-electron chi connectivity index (χ2n) is 3.38. The minimum atomic E-state index is -3.81. The molecule has 0 spiro atoms. The van der Waals surface area contributed by atoms with Crippen molar-refractivity contribution in [2.75, 3.05) is 18.6 Å². The minimum Gasteiger partial charge on any atom is -0.468 e. The van der Waals surface area contributed by atoms with E-state index in [4.69, 9.17) is 11.6 Å². The van der Waals surface area contributed by atoms with Gasteiger partial charge in [0.15, 0.2) is 5.82 Å². The van der Waals surface area contributed by atoms with Gasteiger partial charge in [-0.05, 0) is 6.07 Å². The standard InChI is InChI=1S/C9H8ClN3O4S/c1-17-8(14)4-13-5-12-18(15,16)7-2-6(10)3-11-9(7)13/h2-3,5H,4H2,1H3. The number of esters is 1. The molecular formula is C9H8ClN3O4S. The smallest absolute Gasteiger partial charge is 0.325 e. The number of anilines is 1. The van der Waals surface area contributed by atoms with Gasteiger partial charge in [-0.25, -0.2) is 4.98 Å². The monoisotopic (exact) mass is 289 g/mol. The topological polar surface area (TPSA) is 88.9 Å². The van der Waals surface area contributed by atoms with Gasteiger partial charge in [0.05, 0.1) is 12.1 Å². The number of aromatic nitrogens is 1. The number of hydrogen-bond donors (Lipinski definition) is 0. The zero-order valence-electron chi connectivity index (χ0n) is 9.20. The average molecular weight is 290 g/mol. The Hall–Kier alpha value is -1.67. The van der Waals surface area contributed by atoms with Gasteiger partial charge in [0.1, 0.15) is 17.8 Å². The van der Waals surface area contributed by atoms with E-state index in [-0.39, 0.29) is 22.3 Å². The zero-order chi connectivity index (χ0) is 13.3. The Morgan fingerprint density at radius 1 is 1.56 bits per heavy atom. The number of sulfonamides is 1. The summed E-state index contributed by atoms with van der Waals surface area (Å²) in [5, 5.41) is 0.174. The molecule has 0 saturated heterocycles. The van der Waals surface area contributed by atoms with Crippen LogP contribution in [0.3, 0.4) is 0 Å². The molecule has 1 aromatic rings. The Morgan fingerprint density at radius 2 is 2.28 bits per heavy atom. The molecule has 7 nitrogen and oxygen atoms in total. The summed E-state index contributed by atoms with van der Waals surface area (Å²) in [5.41, 5.74) is 0. The molecule has 2 heterocycles. The number of hydrogen-bond acceptors (Lipinski definition) is 6. The first-order valence-electron chi connectivity index (χ1n) is 4.73. The van der Waals surface area contributed by atoms with Crippen molar-refractivity contribution in [3.63, 3.8) is 0 Å². The first-order valence-corrected chi connectivity index (χ1v) is 6.55. The van der Waals surface area contributed by atoms with E-state index in [9.17, 15) is 13.2 Å². The van der Waals surface area contributed by atoms with Gasteiger partial charge in [0.2, 0.25) is 0 Å². The van der Waals surface area contributed by atoms with Crippen molar-refractivity contribution in [2.24, 2.45) is 4.40 Å². The lowest BCUT2D eigenvalue weighted by Gasteiger charge is -2.22. The highest BCUT2D eigenvalue weighted by Crippen LogP contribution is 2.29. The number of fused-ring (bicyclic) bond motifs is 1. The van der Waals surface area contributed by atoms with Crippen molar-refractivity contribution >= 4 is 39.7 Å². The molecule has 0 atom stereocenters. The minimum absolute atomic E-state index is 0.0970. The summed E-state index contributed by atoms with van der Waals surface area (Å²) in [6.45, 7) is -0.183. The molecule has 1 aliphatic heterocycles. The highest BCUT2D eigenvalue weighted by atomic mass is 35.5. The number of ether oxygens (including phenoxy) is 1. The summed E-state index contributed by atoms with van der Waals surface area (Å²) in [7, 11) is -2.58. The molecule has 2 rings (SSSR count). The van der Waals surface area contributed by atoms with E-state index in [0.717, 1.165) is 6.34 Å². The van der Waals surface area contributed by atoms with E-state index in [1.165, 1.54) is 24.3 Å². The van der Waals surface area contributed by atoms with Crippen LogP contribution in [0, 0.1) is 0 Å². The molecule has 1 aromatic heterocycles. The number of pyridine rings is 1. The number of carbonyl (C=O) groups excluding carboxylic acids is 1. The largest absolute Gasteiger partial charge is 0.468 e. The van der Waals surface area contributed by atoms with E-state index in [0.29, 0.717) is 0 Å². The van der Waals surface area contributed by atoms with Crippen molar-refractivity contribution in [3.05, 3.63) is 17.3 Å². The summed E-state index contributed by atoms with van der Waals surface area (Å²) in [5.74, 6) is -0.441. The predicted octanol–water partition coefficient (Wildman–Crippen LogP) is 0.445. The average Bonchev–Trinajstić information content (AvgIpc) is 2.33. The normalized spacial score (nSPS) is 16.2. The third-order valence-corrected chi connectivity index (χ3v) is 3.64. The molecule has 0 amide bonds. The lowest BCUT2D eigenvalue weighted by atomic mass is 10.4. The summed E-state index contributed by atoms with van der Waals surface area (Å²) < 4.78 is 31.3. The van der Waals surface area contributed by atoms with Gasteiger partial charge in [-0.2, -0.15) is 8.42 Å². The summed E-state index contributed by atoms with van der Waals surface area (Å²) in [6, 6.07) is 1.24. The number of carbonyl (C=O) groups is 1. The number of halogens is 1. The Bertz CT molecular complexity index is 629. The van der Waals surface area contributed by atoms with Crippen molar-refractivity contribution in [3.8, 4) is 0 Å². The maximum atomic E-state index is 11.7. The number of methoxy groups -OCH3 is 1. The molecule has 0 unspecified atom stereocenters. The third kappa shape index (κ3) is 2.29. The molecule has 96 valence electrons. The SMILES string of the molecule is COC(=O)CN1C=NS(=O)(=O)c2cc(Cl)cnc21. The molecule has 0 N–H and O–H groups in total. The fourth-order valence-electron chi connectivity index (χ4n) is 1.37. The second-order valence-corrected chi connectivity index (χ2v) is 5.41. The van der Waals surface area contributed by atoms with Gasteiger partial charge >= 0.3 is 5.97 Å². The maximum Gasteiger partial charge on any atom is 0.325 e. The predicted molar refractivity (Wildman–Crippen MR) is 64.3 cm³/mol. The van der Waals surface area contributed by atoms with Crippen molar-refractivity contribution in [1.29, 1.82) is 0 Å². The van der Waals surface area contributed by atoms with Crippen LogP contribution < -0.4 is 4.90 Å². The van der Waals surface area contributed by atoms with Gasteiger partial charge in [-0.1, -0.05) is 11.6 Å². The van der Waals surface area contributed by atoms with Crippen LogP contribution in [0.4, 0.5) is 5.82 Å². The lowest BCUT2D eigenvalue weighted by molar-refractivity contribution is -0.138. The number of nitrogens with zero attached hydrogens (tertiary/aromatic N) is 3. The zero-order valence-corrected chi connectivity index (χ0v) is 10.8.